The lowest BCUT2D eigenvalue weighted by Crippen LogP contribution is -2.27. The third-order valence-corrected chi connectivity index (χ3v) is 4.87. The lowest BCUT2D eigenvalue weighted by Gasteiger charge is -2.09. The van der Waals surface area contributed by atoms with Crippen molar-refractivity contribution in [2.75, 3.05) is 18.9 Å². The van der Waals surface area contributed by atoms with Gasteiger partial charge in [0.1, 0.15) is 12.4 Å². The van der Waals surface area contributed by atoms with Gasteiger partial charge in [-0.25, -0.2) is 0 Å². The van der Waals surface area contributed by atoms with Crippen molar-refractivity contribution >= 4 is 29.3 Å². The third kappa shape index (κ3) is 7.84. The van der Waals surface area contributed by atoms with Crippen molar-refractivity contribution in [2.24, 2.45) is 0 Å². The van der Waals surface area contributed by atoms with Gasteiger partial charge in [-0.1, -0.05) is 17.7 Å². The molecule has 0 aromatic heterocycles. The van der Waals surface area contributed by atoms with Crippen molar-refractivity contribution in [3.05, 3.63) is 58.6 Å². The molecule has 3 nitrogen and oxygen atoms in total. The summed E-state index contributed by atoms with van der Waals surface area (Å²) in [4.78, 5) is 13.0. The molecule has 0 heterocycles. The molecule has 0 atom stereocenters. The fourth-order valence-corrected chi connectivity index (χ4v) is 3.40. The molecule has 2 aromatic rings. The highest BCUT2D eigenvalue weighted by Crippen LogP contribution is 2.21. The van der Waals surface area contributed by atoms with Crippen LogP contribution < -0.4 is 10.1 Å². The van der Waals surface area contributed by atoms with Crippen LogP contribution in [0.5, 0.6) is 5.75 Å². The van der Waals surface area contributed by atoms with Gasteiger partial charge in [-0.3, -0.25) is 4.79 Å². The minimum atomic E-state index is 0.0701. The number of hydrogen-bond acceptors (Lipinski definition) is 3. The van der Waals surface area contributed by atoms with E-state index in [1.165, 1.54) is 16.0 Å². The number of thioether (sulfide) groups is 1. The molecule has 5 heteroatoms. The lowest BCUT2D eigenvalue weighted by atomic mass is 10.1. The summed E-state index contributed by atoms with van der Waals surface area (Å²) in [6.45, 7) is 5.09. The smallest absolute Gasteiger partial charge is 0.220 e. The summed E-state index contributed by atoms with van der Waals surface area (Å²) in [6.07, 6.45) is 1.38. The predicted molar refractivity (Wildman–Crippen MR) is 106 cm³/mol. The summed E-state index contributed by atoms with van der Waals surface area (Å²) >= 11 is 7.59. The van der Waals surface area contributed by atoms with Gasteiger partial charge in [-0.05, 0) is 73.5 Å². The minimum absolute atomic E-state index is 0.0701. The first-order chi connectivity index (χ1) is 12.0. The Morgan fingerprint density at radius 2 is 1.80 bits per heavy atom. The van der Waals surface area contributed by atoms with Gasteiger partial charge in [0, 0.05) is 16.3 Å². The van der Waals surface area contributed by atoms with E-state index in [-0.39, 0.29) is 5.91 Å². The zero-order chi connectivity index (χ0) is 18.1. The van der Waals surface area contributed by atoms with Crippen LogP contribution in [0.25, 0.3) is 0 Å². The molecular formula is C20H24ClNO2S. The second-order valence-corrected chi connectivity index (χ2v) is 7.53. The summed E-state index contributed by atoms with van der Waals surface area (Å²) in [5.74, 6) is 1.83. The molecule has 1 N–H and O–H groups in total. The average Bonchev–Trinajstić information content (AvgIpc) is 2.56. The van der Waals surface area contributed by atoms with Crippen molar-refractivity contribution in [1.29, 1.82) is 0 Å². The average molecular weight is 378 g/mol. The van der Waals surface area contributed by atoms with E-state index in [0.29, 0.717) is 19.6 Å². The van der Waals surface area contributed by atoms with Gasteiger partial charge in [0.05, 0.1) is 6.54 Å². The summed E-state index contributed by atoms with van der Waals surface area (Å²) in [5, 5.41) is 3.64. The number of hydrogen-bond donors (Lipinski definition) is 1. The maximum absolute atomic E-state index is 11.8. The Hall–Kier alpha value is -1.65. The van der Waals surface area contributed by atoms with Crippen molar-refractivity contribution < 1.29 is 9.53 Å². The molecule has 0 bridgehead atoms. The minimum Gasteiger partial charge on any atom is -0.492 e. The Balaban J connectivity index is 1.55. The Labute approximate surface area is 159 Å². The molecule has 0 aliphatic rings. The molecule has 0 saturated carbocycles. The zero-order valence-corrected chi connectivity index (χ0v) is 16.3. The number of benzene rings is 2. The third-order valence-electron chi connectivity index (χ3n) is 3.52. The maximum atomic E-state index is 11.8. The van der Waals surface area contributed by atoms with E-state index in [4.69, 9.17) is 16.3 Å². The lowest BCUT2D eigenvalue weighted by molar-refractivity contribution is -0.121. The summed E-state index contributed by atoms with van der Waals surface area (Å²) < 4.78 is 5.68. The monoisotopic (exact) mass is 377 g/mol. The van der Waals surface area contributed by atoms with Crippen molar-refractivity contribution in [1.82, 2.24) is 5.32 Å². The van der Waals surface area contributed by atoms with E-state index in [1.54, 1.807) is 11.8 Å². The molecule has 0 unspecified atom stereocenters. The first kappa shape index (κ1) is 19.7. The van der Waals surface area contributed by atoms with Crippen LogP contribution in [0.3, 0.4) is 0 Å². The van der Waals surface area contributed by atoms with Crippen LogP contribution in [-0.2, 0) is 4.79 Å². The molecule has 1 amide bonds. The molecule has 25 heavy (non-hydrogen) atoms. The first-order valence-electron chi connectivity index (χ1n) is 8.39. The van der Waals surface area contributed by atoms with E-state index >= 15 is 0 Å². The topological polar surface area (TPSA) is 38.3 Å². The zero-order valence-electron chi connectivity index (χ0n) is 14.7. The van der Waals surface area contributed by atoms with Crippen LogP contribution in [-0.4, -0.2) is 24.8 Å². The van der Waals surface area contributed by atoms with Gasteiger partial charge in [-0.15, -0.1) is 11.8 Å². The molecule has 0 spiro atoms. The molecule has 2 rings (SSSR count). The first-order valence-corrected chi connectivity index (χ1v) is 9.75. The molecule has 0 radical (unpaired) electrons. The number of halogens is 1. The predicted octanol–water partition coefficient (Wildman–Crippen LogP) is 5.02. The Kier molecular flexibility index (Phi) is 8.16. The molecule has 0 aliphatic carbocycles. The number of ether oxygens (including phenoxy) is 1. The molecule has 134 valence electrons. The number of carbonyl (C=O) groups excluding carboxylic acids is 1. The van der Waals surface area contributed by atoms with Crippen LogP contribution in [0.1, 0.15) is 24.0 Å². The summed E-state index contributed by atoms with van der Waals surface area (Å²) in [7, 11) is 0. The van der Waals surface area contributed by atoms with E-state index < -0.39 is 0 Å². The number of amides is 1. The van der Waals surface area contributed by atoms with Gasteiger partial charge >= 0.3 is 0 Å². The quantitative estimate of drug-likeness (QED) is 0.492. The van der Waals surface area contributed by atoms with Crippen molar-refractivity contribution in [2.45, 2.75) is 31.6 Å². The van der Waals surface area contributed by atoms with Crippen LogP contribution in [0.4, 0.5) is 0 Å². The normalized spacial score (nSPS) is 10.5. The van der Waals surface area contributed by atoms with Gasteiger partial charge in [0.15, 0.2) is 0 Å². The second kappa shape index (κ2) is 10.4. The van der Waals surface area contributed by atoms with E-state index in [1.807, 2.05) is 50.2 Å². The van der Waals surface area contributed by atoms with Crippen molar-refractivity contribution in [3.63, 3.8) is 0 Å². The maximum Gasteiger partial charge on any atom is 0.220 e. The summed E-state index contributed by atoms with van der Waals surface area (Å²) in [5.41, 5.74) is 2.36. The van der Waals surface area contributed by atoms with E-state index in [9.17, 15) is 4.79 Å². The highest BCUT2D eigenvalue weighted by molar-refractivity contribution is 7.99. The Bertz CT molecular complexity index is 668. The van der Waals surface area contributed by atoms with E-state index in [2.05, 4.69) is 11.4 Å². The van der Waals surface area contributed by atoms with Crippen LogP contribution >= 0.6 is 23.4 Å². The van der Waals surface area contributed by atoms with Crippen LogP contribution in [0.15, 0.2) is 47.4 Å². The molecular weight excluding hydrogens is 354 g/mol. The van der Waals surface area contributed by atoms with Gasteiger partial charge in [0.2, 0.25) is 5.91 Å². The standard InChI is InChI=1S/C20H24ClNO2S/c1-15-12-16(2)14-18(13-15)24-10-9-22-20(23)4-3-11-25-19-7-5-17(21)6-8-19/h5-8,12-14H,3-4,9-11H2,1-2H3,(H,22,23). The van der Waals surface area contributed by atoms with Crippen LogP contribution in [0.2, 0.25) is 5.02 Å². The summed E-state index contributed by atoms with van der Waals surface area (Å²) in [6, 6.07) is 13.9. The Morgan fingerprint density at radius 3 is 2.48 bits per heavy atom. The molecule has 0 aliphatic heterocycles. The van der Waals surface area contributed by atoms with Gasteiger partial charge in [-0.2, -0.15) is 0 Å². The van der Waals surface area contributed by atoms with Gasteiger partial charge < -0.3 is 10.1 Å². The number of aryl methyl sites for hydroxylation is 2. The highest BCUT2D eigenvalue weighted by Gasteiger charge is 2.02. The number of carbonyl (C=O) groups is 1. The molecule has 0 saturated heterocycles. The highest BCUT2D eigenvalue weighted by atomic mass is 35.5. The molecule has 2 aromatic carbocycles. The number of nitrogens with one attached hydrogen (secondary N) is 1. The largest absolute Gasteiger partial charge is 0.492 e. The fraction of sp³-hybridized carbons (Fsp3) is 0.350. The SMILES string of the molecule is Cc1cc(C)cc(OCCNC(=O)CCCSc2ccc(Cl)cc2)c1. The van der Waals surface area contributed by atoms with Crippen molar-refractivity contribution in [3.8, 4) is 5.75 Å². The van der Waals surface area contributed by atoms with E-state index in [0.717, 1.165) is 22.9 Å². The second-order valence-electron chi connectivity index (χ2n) is 5.93. The Morgan fingerprint density at radius 1 is 1.12 bits per heavy atom. The van der Waals surface area contributed by atoms with Gasteiger partial charge in [0.25, 0.3) is 0 Å². The number of rotatable bonds is 9. The molecule has 0 fully saturated rings. The van der Waals surface area contributed by atoms with Crippen LogP contribution in [0, 0.1) is 13.8 Å². The fourth-order valence-electron chi connectivity index (χ4n) is 2.42.